The lowest BCUT2D eigenvalue weighted by Crippen LogP contribution is -2.30. The molecule has 0 heterocycles. The highest BCUT2D eigenvalue weighted by molar-refractivity contribution is 7.89. The molecule has 0 aliphatic carbocycles. The van der Waals surface area contributed by atoms with Gasteiger partial charge in [-0.1, -0.05) is 13.8 Å². The average Bonchev–Trinajstić information content (AvgIpc) is 2.48. The number of amides is 1. The summed E-state index contributed by atoms with van der Waals surface area (Å²) in [7, 11) is -3.53. The van der Waals surface area contributed by atoms with Gasteiger partial charge in [0.2, 0.25) is 15.9 Å². The zero-order chi connectivity index (χ0) is 17.5. The molecule has 8 heteroatoms. The van der Waals surface area contributed by atoms with Crippen LogP contribution < -0.4 is 5.32 Å². The number of nitrogens with zero attached hydrogens (tertiary/aromatic N) is 1. The van der Waals surface area contributed by atoms with Crippen molar-refractivity contribution in [3.05, 3.63) is 24.3 Å². The summed E-state index contributed by atoms with van der Waals surface area (Å²) in [5, 5.41) is 2.52. The fourth-order valence-electron chi connectivity index (χ4n) is 1.97. The zero-order valence-corrected chi connectivity index (χ0v) is 14.4. The van der Waals surface area contributed by atoms with Gasteiger partial charge in [0.15, 0.2) is 0 Å². The molecular formula is C15H22N2O5S. The highest BCUT2D eigenvalue weighted by Crippen LogP contribution is 2.18. The Hall–Kier alpha value is -1.93. The zero-order valence-electron chi connectivity index (χ0n) is 13.5. The number of carbonyl (C=O) groups is 2. The third kappa shape index (κ3) is 5.33. The third-order valence-corrected chi connectivity index (χ3v) is 5.16. The van der Waals surface area contributed by atoms with Crippen molar-refractivity contribution in [1.82, 2.24) is 4.31 Å². The van der Waals surface area contributed by atoms with Gasteiger partial charge in [0.25, 0.3) is 0 Å². The van der Waals surface area contributed by atoms with E-state index in [-0.39, 0.29) is 17.9 Å². The van der Waals surface area contributed by atoms with E-state index < -0.39 is 21.9 Å². The van der Waals surface area contributed by atoms with Crippen LogP contribution in [-0.4, -0.2) is 44.3 Å². The molecule has 0 radical (unpaired) electrons. The van der Waals surface area contributed by atoms with E-state index in [1.165, 1.54) is 28.6 Å². The molecule has 0 saturated carbocycles. The van der Waals surface area contributed by atoms with Crippen LogP contribution in [0.5, 0.6) is 0 Å². The number of esters is 1. The normalized spacial score (nSPS) is 11.3. The molecular weight excluding hydrogens is 320 g/mol. The fourth-order valence-corrected chi connectivity index (χ4v) is 3.43. The van der Waals surface area contributed by atoms with Gasteiger partial charge in [-0.05, 0) is 31.2 Å². The van der Waals surface area contributed by atoms with Crippen LogP contribution in [0.25, 0.3) is 0 Å². The Morgan fingerprint density at radius 1 is 1.09 bits per heavy atom. The Morgan fingerprint density at radius 3 is 2.13 bits per heavy atom. The molecule has 1 amide bonds. The molecule has 1 aromatic carbocycles. The maximum absolute atomic E-state index is 12.3. The van der Waals surface area contributed by atoms with E-state index in [9.17, 15) is 18.0 Å². The minimum atomic E-state index is -3.53. The number of benzene rings is 1. The maximum Gasteiger partial charge on any atom is 0.315 e. The lowest BCUT2D eigenvalue weighted by Gasteiger charge is -2.18. The Bertz CT molecular complexity index is 636. The van der Waals surface area contributed by atoms with Crippen molar-refractivity contribution in [2.24, 2.45) is 0 Å². The summed E-state index contributed by atoms with van der Waals surface area (Å²) in [5.41, 5.74) is 0.415. The van der Waals surface area contributed by atoms with Crippen molar-refractivity contribution in [3.8, 4) is 0 Å². The molecule has 128 valence electrons. The number of ether oxygens (including phenoxy) is 1. The number of rotatable bonds is 8. The van der Waals surface area contributed by atoms with Crippen LogP contribution in [0.2, 0.25) is 0 Å². The molecule has 7 nitrogen and oxygen atoms in total. The summed E-state index contributed by atoms with van der Waals surface area (Å²) in [4.78, 5) is 23.0. The van der Waals surface area contributed by atoms with Gasteiger partial charge in [-0.2, -0.15) is 4.31 Å². The number of anilines is 1. The highest BCUT2D eigenvalue weighted by atomic mass is 32.2. The van der Waals surface area contributed by atoms with Gasteiger partial charge in [-0.15, -0.1) is 0 Å². The van der Waals surface area contributed by atoms with Crippen molar-refractivity contribution in [2.45, 2.75) is 32.1 Å². The van der Waals surface area contributed by atoms with E-state index >= 15 is 0 Å². The molecule has 1 rings (SSSR count). The first kappa shape index (κ1) is 19.1. The first-order valence-corrected chi connectivity index (χ1v) is 8.84. The molecule has 1 N–H and O–H groups in total. The number of hydrogen-bond acceptors (Lipinski definition) is 5. The Kier molecular flexibility index (Phi) is 7.18. The average molecular weight is 342 g/mol. The second-order valence-electron chi connectivity index (χ2n) is 4.64. The highest BCUT2D eigenvalue weighted by Gasteiger charge is 2.21. The summed E-state index contributed by atoms with van der Waals surface area (Å²) in [6.07, 6.45) is -0.382. The van der Waals surface area contributed by atoms with Crippen molar-refractivity contribution >= 4 is 27.6 Å². The van der Waals surface area contributed by atoms with Gasteiger partial charge in [0, 0.05) is 18.8 Å². The number of nitrogens with one attached hydrogen (secondary N) is 1. The van der Waals surface area contributed by atoms with Crippen LogP contribution >= 0.6 is 0 Å². The topological polar surface area (TPSA) is 92.8 Å². The van der Waals surface area contributed by atoms with Crippen LogP contribution in [0.3, 0.4) is 0 Å². The monoisotopic (exact) mass is 342 g/mol. The molecule has 0 aromatic heterocycles. The standard InChI is InChI=1S/C15H22N2O5S/c1-4-17(5-2)23(20,21)13-9-7-12(8-10-13)16-14(18)11-15(19)22-6-3/h7-10H,4-6,11H2,1-3H3,(H,16,18). The summed E-state index contributed by atoms with van der Waals surface area (Å²) in [6, 6.07) is 5.82. The summed E-state index contributed by atoms with van der Waals surface area (Å²) >= 11 is 0. The van der Waals surface area contributed by atoms with Crippen LogP contribution in [0.4, 0.5) is 5.69 Å². The van der Waals surface area contributed by atoms with Crippen molar-refractivity contribution in [1.29, 1.82) is 0 Å². The summed E-state index contributed by atoms with van der Waals surface area (Å²) < 4.78 is 30.7. The van der Waals surface area contributed by atoms with E-state index in [1.54, 1.807) is 20.8 Å². The molecule has 0 aliphatic heterocycles. The molecule has 0 atom stereocenters. The van der Waals surface area contributed by atoms with E-state index in [2.05, 4.69) is 10.1 Å². The van der Waals surface area contributed by atoms with E-state index in [0.717, 1.165) is 0 Å². The molecule has 23 heavy (non-hydrogen) atoms. The number of hydrogen-bond donors (Lipinski definition) is 1. The quantitative estimate of drug-likeness (QED) is 0.572. The van der Waals surface area contributed by atoms with Crippen LogP contribution in [0.15, 0.2) is 29.2 Å². The largest absolute Gasteiger partial charge is 0.466 e. The fraction of sp³-hybridized carbons (Fsp3) is 0.467. The third-order valence-electron chi connectivity index (χ3n) is 3.09. The molecule has 0 bridgehead atoms. The maximum atomic E-state index is 12.3. The minimum Gasteiger partial charge on any atom is -0.466 e. The Balaban J connectivity index is 2.77. The van der Waals surface area contributed by atoms with Crippen molar-refractivity contribution in [2.75, 3.05) is 25.0 Å². The second-order valence-corrected chi connectivity index (χ2v) is 6.58. The van der Waals surface area contributed by atoms with Crippen LogP contribution in [0.1, 0.15) is 27.2 Å². The van der Waals surface area contributed by atoms with Crippen molar-refractivity contribution < 1.29 is 22.7 Å². The Labute approximate surface area is 136 Å². The van der Waals surface area contributed by atoms with Gasteiger partial charge in [0.05, 0.1) is 11.5 Å². The van der Waals surface area contributed by atoms with E-state index in [1.807, 2.05) is 0 Å². The molecule has 0 fully saturated rings. The lowest BCUT2D eigenvalue weighted by molar-refractivity contribution is -0.145. The van der Waals surface area contributed by atoms with E-state index in [4.69, 9.17) is 0 Å². The predicted molar refractivity (Wildman–Crippen MR) is 86.4 cm³/mol. The van der Waals surface area contributed by atoms with Crippen LogP contribution in [0, 0.1) is 0 Å². The van der Waals surface area contributed by atoms with Crippen LogP contribution in [-0.2, 0) is 24.3 Å². The predicted octanol–water partition coefficient (Wildman–Crippen LogP) is 1.61. The molecule has 0 spiro atoms. The minimum absolute atomic E-state index is 0.157. The van der Waals surface area contributed by atoms with Gasteiger partial charge in [-0.3, -0.25) is 9.59 Å². The van der Waals surface area contributed by atoms with E-state index in [0.29, 0.717) is 18.8 Å². The summed E-state index contributed by atoms with van der Waals surface area (Å²) in [5.74, 6) is -1.12. The molecule has 0 saturated heterocycles. The number of carbonyl (C=O) groups excluding carboxylic acids is 2. The second kappa shape index (κ2) is 8.64. The molecule has 1 aromatic rings. The van der Waals surface area contributed by atoms with Gasteiger partial charge in [0.1, 0.15) is 6.42 Å². The summed E-state index contributed by atoms with van der Waals surface area (Å²) in [6.45, 7) is 6.18. The molecule has 0 aliphatic rings. The molecule has 0 unspecified atom stereocenters. The first-order valence-electron chi connectivity index (χ1n) is 7.40. The van der Waals surface area contributed by atoms with Crippen molar-refractivity contribution in [3.63, 3.8) is 0 Å². The van der Waals surface area contributed by atoms with Gasteiger partial charge >= 0.3 is 5.97 Å². The smallest absolute Gasteiger partial charge is 0.315 e. The lowest BCUT2D eigenvalue weighted by atomic mass is 10.3. The SMILES string of the molecule is CCOC(=O)CC(=O)Nc1ccc(S(=O)(=O)N(CC)CC)cc1. The Morgan fingerprint density at radius 2 is 1.65 bits per heavy atom. The first-order chi connectivity index (χ1) is 10.8. The van der Waals surface area contributed by atoms with Gasteiger partial charge < -0.3 is 10.1 Å². The van der Waals surface area contributed by atoms with Gasteiger partial charge in [-0.25, -0.2) is 8.42 Å². The number of sulfonamides is 1.